The van der Waals surface area contributed by atoms with Crippen LogP contribution in [0.1, 0.15) is 36.0 Å². The second-order valence-electron chi connectivity index (χ2n) is 9.81. The summed E-state index contributed by atoms with van der Waals surface area (Å²) in [7, 11) is 0. The zero-order valence-electron chi connectivity index (χ0n) is 21.1. The van der Waals surface area contributed by atoms with Crippen LogP contribution in [0.4, 0.5) is 5.69 Å². The topological polar surface area (TPSA) is 55.9 Å². The number of benzene rings is 2. The summed E-state index contributed by atoms with van der Waals surface area (Å²) in [5, 5.41) is 3.06. The van der Waals surface area contributed by atoms with Crippen LogP contribution in [0, 0.1) is 13.8 Å². The summed E-state index contributed by atoms with van der Waals surface area (Å²) in [6.45, 7) is 9.26. The second-order valence-corrected chi connectivity index (χ2v) is 9.81. The summed E-state index contributed by atoms with van der Waals surface area (Å²) < 4.78 is 0. The summed E-state index contributed by atoms with van der Waals surface area (Å²) in [6, 6.07) is 16.8. The van der Waals surface area contributed by atoms with Gasteiger partial charge < -0.3 is 10.2 Å². The van der Waals surface area contributed by atoms with Crippen LogP contribution in [0.5, 0.6) is 0 Å². The predicted octanol–water partition coefficient (Wildman–Crippen LogP) is 3.95. The van der Waals surface area contributed by atoms with E-state index in [1.165, 1.54) is 5.56 Å². The molecule has 2 amide bonds. The van der Waals surface area contributed by atoms with Gasteiger partial charge in [0.1, 0.15) is 0 Å². The summed E-state index contributed by atoms with van der Waals surface area (Å²) in [4.78, 5) is 32.1. The number of anilines is 1. The van der Waals surface area contributed by atoms with Crippen LogP contribution >= 0.6 is 0 Å². The third kappa shape index (κ3) is 7.77. The molecule has 0 bridgehead atoms. The van der Waals surface area contributed by atoms with E-state index in [0.717, 1.165) is 62.4 Å². The minimum absolute atomic E-state index is 0.00443. The lowest BCUT2D eigenvalue weighted by atomic mass is 10.1. The second kappa shape index (κ2) is 12.1. The number of amides is 2. The molecular weight excluding hydrogens is 436 g/mol. The number of rotatable bonds is 10. The van der Waals surface area contributed by atoms with Gasteiger partial charge in [0.2, 0.25) is 11.8 Å². The van der Waals surface area contributed by atoms with Crippen molar-refractivity contribution < 1.29 is 9.59 Å². The lowest BCUT2D eigenvalue weighted by Crippen LogP contribution is -2.49. The van der Waals surface area contributed by atoms with Gasteiger partial charge in [0.25, 0.3) is 0 Å². The Labute approximate surface area is 209 Å². The molecule has 1 aliphatic heterocycles. The number of carbonyl (C=O) groups excluding carboxylic acids is 2. The highest BCUT2D eigenvalue weighted by Gasteiger charge is 2.31. The molecule has 0 aromatic heterocycles. The van der Waals surface area contributed by atoms with E-state index in [4.69, 9.17) is 0 Å². The smallest absolute Gasteiger partial charge is 0.238 e. The minimum Gasteiger partial charge on any atom is -0.340 e. The first-order chi connectivity index (χ1) is 17.0. The summed E-state index contributed by atoms with van der Waals surface area (Å²) in [5.74, 6) is 0.195. The Morgan fingerprint density at radius 1 is 1.03 bits per heavy atom. The van der Waals surface area contributed by atoms with E-state index in [0.29, 0.717) is 25.6 Å². The molecule has 1 aliphatic carbocycles. The Morgan fingerprint density at radius 3 is 2.49 bits per heavy atom. The first kappa shape index (κ1) is 25.1. The molecule has 2 aromatic carbocycles. The van der Waals surface area contributed by atoms with Crippen LogP contribution in [0.2, 0.25) is 0 Å². The monoisotopic (exact) mass is 474 g/mol. The number of piperazine rings is 1. The van der Waals surface area contributed by atoms with Gasteiger partial charge in [0, 0.05) is 57.4 Å². The fourth-order valence-electron chi connectivity index (χ4n) is 4.55. The van der Waals surface area contributed by atoms with Crippen LogP contribution in [0.3, 0.4) is 0 Å². The van der Waals surface area contributed by atoms with E-state index in [9.17, 15) is 9.59 Å². The van der Waals surface area contributed by atoms with E-state index >= 15 is 0 Å². The van der Waals surface area contributed by atoms with Gasteiger partial charge in [-0.15, -0.1) is 0 Å². The molecule has 0 radical (unpaired) electrons. The Kier molecular flexibility index (Phi) is 8.72. The van der Waals surface area contributed by atoms with Crippen LogP contribution in [0.25, 0.3) is 6.08 Å². The molecule has 0 atom stereocenters. The molecule has 2 aromatic rings. The molecule has 0 spiro atoms. The Bertz CT molecular complexity index is 1020. The maximum absolute atomic E-state index is 12.9. The van der Waals surface area contributed by atoms with Gasteiger partial charge in [-0.1, -0.05) is 54.6 Å². The molecule has 186 valence electrons. The van der Waals surface area contributed by atoms with Crippen molar-refractivity contribution in [3.05, 3.63) is 71.3 Å². The lowest BCUT2D eigenvalue weighted by molar-refractivity contribution is -0.133. The number of hydrogen-bond acceptors (Lipinski definition) is 4. The van der Waals surface area contributed by atoms with Crippen molar-refractivity contribution in [2.24, 2.45) is 0 Å². The molecule has 1 heterocycles. The minimum atomic E-state index is -0.00443. The first-order valence-electron chi connectivity index (χ1n) is 12.8. The lowest BCUT2D eigenvalue weighted by Gasteiger charge is -2.34. The Morgan fingerprint density at radius 2 is 1.77 bits per heavy atom. The average molecular weight is 475 g/mol. The Balaban J connectivity index is 1.19. The molecule has 0 unspecified atom stereocenters. The third-order valence-electron chi connectivity index (χ3n) is 6.89. The number of nitrogens with zero attached hydrogens (tertiary/aromatic N) is 3. The number of carbonyl (C=O) groups is 2. The summed E-state index contributed by atoms with van der Waals surface area (Å²) >= 11 is 0. The largest absolute Gasteiger partial charge is 0.340 e. The van der Waals surface area contributed by atoms with Gasteiger partial charge in [-0.2, -0.15) is 0 Å². The molecule has 4 rings (SSSR count). The SMILES string of the molecule is Cc1ccc(C)c(NC(=O)CN(CCC(=O)N2CCN(C/C=C/c3ccccc3)CC2)C2CC2)c1. The first-order valence-corrected chi connectivity index (χ1v) is 12.8. The highest BCUT2D eigenvalue weighted by Crippen LogP contribution is 2.27. The van der Waals surface area contributed by atoms with Crippen LogP contribution < -0.4 is 5.32 Å². The average Bonchev–Trinajstić information content (AvgIpc) is 3.70. The molecule has 1 N–H and O–H groups in total. The van der Waals surface area contributed by atoms with Crippen LogP contribution in [-0.4, -0.2) is 78.4 Å². The quantitative estimate of drug-likeness (QED) is 0.567. The molecule has 1 saturated carbocycles. The van der Waals surface area contributed by atoms with Crippen molar-refractivity contribution in [2.45, 2.75) is 39.2 Å². The maximum Gasteiger partial charge on any atom is 0.238 e. The molecule has 6 nitrogen and oxygen atoms in total. The van der Waals surface area contributed by atoms with E-state index in [1.54, 1.807) is 0 Å². The van der Waals surface area contributed by atoms with Crippen molar-refractivity contribution in [1.82, 2.24) is 14.7 Å². The molecule has 2 aliphatic rings. The van der Waals surface area contributed by atoms with Crippen molar-refractivity contribution in [3.8, 4) is 0 Å². The fourth-order valence-corrected chi connectivity index (χ4v) is 4.55. The molecule has 6 heteroatoms. The number of hydrogen-bond donors (Lipinski definition) is 1. The highest BCUT2D eigenvalue weighted by molar-refractivity contribution is 5.93. The third-order valence-corrected chi connectivity index (χ3v) is 6.89. The van der Waals surface area contributed by atoms with E-state index < -0.39 is 0 Å². The highest BCUT2D eigenvalue weighted by atomic mass is 16.2. The van der Waals surface area contributed by atoms with Gasteiger partial charge in [-0.3, -0.25) is 19.4 Å². The molecule has 35 heavy (non-hydrogen) atoms. The van der Waals surface area contributed by atoms with E-state index in [-0.39, 0.29) is 11.8 Å². The standard InChI is InChI=1S/C29H38N4O2/c1-23-10-11-24(2)27(21-23)30-28(34)22-33(26-12-13-26)16-14-29(35)32-19-17-31(18-20-32)15-6-9-25-7-4-3-5-8-25/h3-11,21,26H,12-20,22H2,1-2H3,(H,30,34)/b9-6+. The van der Waals surface area contributed by atoms with Gasteiger partial charge in [0.15, 0.2) is 0 Å². The van der Waals surface area contributed by atoms with Crippen molar-refractivity contribution in [3.63, 3.8) is 0 Å². The van der Waals surface area contributed by atoms with Gasteiger partial charge in [-0.25, -0.2) is 0 Å². The van der Waals surface area contributed by atoms with Gasteiger partial charge >= 0.3 is 0 Å². The predicted molar refractivity (Wildman–Crippen MR) is 142 cm³/mol. The Hall–Kier alpha value is -2.96. The van der Waals surface area contributed by atoms with E-state index in [1.807, 2.05) is 55.1 Å². The fraction of sp³-hybridized carbons (Fsp3) is 0.448. The summed E-state index contributed by atoms with van der Waals surface area (Å²) in [6.07, 6.45) is 7.05. The molecular formula is C29H38N4O2. The zero-order chi connectivity index (χ0) is 24.6. The number of nitrogens with one attached hydrogen (secondary N) is 1. The number of aryl methyl sites for hydroxylation is 2. The van der Waals surface area contributed by atoms with E-state index in [2.05, 4.69) is 39.4 Å². The normalized spacial score (nSPS) is 16.7. The molecule has 2 fully saturated rings. The van der Waals surface area contributed by atoms with Crippen molar-refractivity contribution in [1.29, 1.82) is 0 Å². The van der Waals surface area contributed by atoms with Gasteiger partial charge in [0.05, 0.1) is 6.54 Å². The van der Waals surface area contributed by atoms with Gasteiger partial charge in [-0.05, 0) is 49.4 Å². The van der Waals surface area contributed by atoms with Crippen molar-refractivity contribution >= 4 is 23.6 Å². The van der Waals surface area contributed by atoms with Crippen molar-refractivity contribution in [2.75, 3.05) is 51.1 Å². The molecule has 1 saturated heterocycles. The zero-order valence-corrected chi connectivity index (χ0v) is 21.1. The van der Waals surface area contributed by atoms with Crippen LogP contribution in [-0.2, 0) is 9.59 Å². The maximum atomic E-state index is 12.9. The summed E-state index contributed by atoms with van der Waals surface area (Å²) in [5.41, 5.74) is 4.28. The van der Waals surface area contributed by atoms with Crippen LogP contribution in [0.15, 0.2) is 54.6 Å².